The molecule has 0 bridgehead atoms. The fourth-order valence-electron chi connectivity index (χ4n) is 4.72. The molecule has 1 aliphatic rings. The second-order valence-corrected chi connectivity index (χ2v) is 12.3. The molecule has 198 valence electrons. The Morgan fingerprint density at radius 1 is 1.08 bits per heavy atom. The average Bonchev–Trinajstić information content (AvgIpc) is 3.33. The summed E-state index contributed by atoms with van der Waals surface area (Å²) in [5.41, 5.74) is 3.72. The number of aryl methyl sites for hydroxylation is 2. The zero-order valence-corrected chi connectivity index (χ0v) is 22.5. The molecule has 2 aromatic carbocycles. The van der Waals surface area contributed by atoms with Crippen LogP contribution in [-0.4, -0.2) is 41.7 Å². The minimum absolute atomic E-state index is 0.0906. The topological polar surface area (TPSA) is 83.5 Å². The van der Waals surface area contributed by atoms with E-state index in [2.05, 4.69) is 11.1 Å². The number of piperidine rings is 1. The molecule has 0 radical (unpaired) electrons. The van der Waals surface area contributed by atoms with Gasteiger partial charge >= 0.3 is 0 Å². The Kier molecular flexibility index (Phi) is 7.26. The maximum atomic E-state index is 13.8. The number of aromatic nitrogens is 2. The molecule has 1 aliphatic heterocycles. The number of fused-ring (bicyclic) bond motifs is 1. The van der Waals surface area contributed by atoms with Crippen molar-refractivity contribution in [2.45, 2.75) is 38.1 Å². The van der Waals surface area contributed by atoms with E-state index in [9.17, 15) is 22.0 Å². The number of pyridine rings is 1. The van der Waals surface area contributed by atoms with Crippen molar-refractivity contribution in [2.75, 3.05) is 18.0 Å². The normalized spacial score (nSPS) is 15.2. The van der Waals surface area contributed by atoms with E-state index < -0.39 is 27.6 Å². The zero-order valence-electron chi connectivity index (χ0n) is 20.9. The summed E-state index contributed by atoms with van der Waals surface area (Å²) in [6, 6.07) is 12.1. The van der Waals surface area contributed by atoms with Gasteiger partial charge in [-0.3, -0.25) is 14.7 Å². The third-order valence-electron chi connectivity index (χ3n) is 6.68. The van der Waals surface area contributed by atoms with Crippen LogP contribution in [0.4, 0.5) is 13.9 Å². The summed E-state index contributed by atoms with van der Waals surface area (Å²) >= 11 is 1.45. The van der Waals surface area contributed by atoms with Crippen LogP contribution in [0.2, 0.25) is 0 Å². The number of benzene rings is 2. The molecule has 38 heavy (non-hydrogen) atoms. The first-order valence-electron chi connectivity index (χ1n) is 12.2. The van der Waals surface area contributed by atoms with Crippen LogP contribution in [0.1, 0.15) is 29.7 Å². The van der Waals surface area contributed by atoms with Gasteiger partial charge in [0, 0.05) is 25.2 Å². The Hall–Kier alpha value is -3.28. The fourth-order valence-corrected chi connectivity index (χ4v) is 7.23. The van der Waals surface area contributed by atoms with Crippen molar-refractivity contribution in [3.63, 3.8) is 0 Å². The largest absolute Gasteiger partial charge is 0.282 e. The maximum Gasteiger partial charge on any atom is 0.243 e. The van der Waals surface area contributed by atoms with Crippen molar-refractivity contribution in [1.82, 2.24) is 14.3 Å². The van der Waals surface area contributed by atoms with E-state index in [0.717, 1.165) is 33.5 Å². The van der Waals surface area contributed by atoms with Gasteiger partial charge in [0.1, 0.15) is 0 Å². The average molecular weight is 557 g/mol. The molecule has 11 heteroatoms. The van der Waals surface area contributed by atoms with Crippen molar-refractivity contribution >= 4 is 42.6 Å². The van der Waals surface area contributed by atoms with Gasteiger partial charge in [0.15, 0.2) is 16.8 Å². The van der Waals surface area contributed by atoms with E-state index in [1.807, 2.05) is 38.1 Å². The van der Waals surface area contributed by atoms with Crippen LogP contribution in [0.15, 0.2) is 59.6 Å². The van der Waals surface area contributed by atoms with E-state index in [-0.39, 0.29) is 30.4 Å². The summed E-state index contributed by atoms with van der Waals surface area (Å²) in [7, 11) is -4.02. The lowest BCUT2D eigenvalue weighted by Gasteiger charge is -2.33. The van der Waals surface area contributed by atoms with Crippen molar-refractivity contribution in [3.05, 3.63) is 83.2 Å². The summed E-state index contributed by atoms with van der Waals surface area (Å²) in [5.74, 6) is -2.90. The molecular weight excluding hydrogens is 530 g/mol. The summed E-state index contributed by atoms with van der Waals surface area (Å²) in [6.45, 7) is 4.45. The van der Waals surface area contributed by atoms with Gasteiger partial charge in [-0.1, -0.05) is 23.5 Å². The van der Waals surface area contributed by atoms with Gasteiger partial charge in [-0.2, -0.15) is 4.31 Å². The number of hydrogen-bond donors (Lipinski definition) is 0. The molecule has 0 N–H and O–H groups in total. The molecule has 1 amide bonds. The lowest BCUT2D eigenvalue weighted by molar-refractivity contribution is -0.123. The molecule has 1 fully saturated rings. The quantitative estimate of drug-likeness (QED) is 0.325. The highest BCUT2D eigenvalue weighted by atomic mass is 32.2. The molecule has 7 nitrogen and oxygen atoms in total. The minimum atomic E-state index is -4.02. The highest BCUT2D eigenvalue weighted by Gasteiger charge is 2.35. The van der Waals surface area contributed by atoms with Gasteiger partial charge in [0.25, 0.3) is 0 Å². The highest BCUT2D eigenvalue weighted by Crippen LogP contribution is 2.35. The van der Waals surface area contributed by atoms with Crippen LogP contribution >= 0.6 is 11.3 Å². The number of sulfonamides is 1. The summed E-state index contributed by atoms with van der Waals surface area (Å²) < 4.78 is 55.2. The van der Waals surface area contributed by atoms with E-state index in [0.29, 0.717) is 29.7 Å². The molecule has 2 aromatic heterocycles. The van der Waals surface area contributed by atoms with E-state index in [1.165, 1.54) is 15.6 Å². The smallest absolute Gasteiger partial charge is 0.243 e. The number of rotatable bonds is 6. The first-order chi connectivity index (χ1) is 18.1. The predicted molar refractivity (Wildman–Crippen MR) is 142 cm³/mol. The summed E-state index contributed by atoms with van der Waals surface area (Å²) in [4.78, 5) is 24.3. The van der Waals surface area contributed by atoms with Gasteiger partial charge in [0.2, 0.25) is 15.9 Å². The van der Waals surface area contributed by atoms with Crippen molar-refractivity contribution in [1.29, 1.82) is 0 Å². The lowest BCUT2D eigenvalue weighted by Crippen LogP contribution is -2.44. The van der Waals surface area contributed by atoms with Gasteiger partial charge in [0.05, 0.1) is 27.4 Å². The van der Waals surface area contributed by atoms with E-state index in [1.54, 1.807) is 11.1 Å². The van der Waals surface area contributed by atoms with Crippen LogP contribution in [-0.2, 0) is 21.4 Å². The zero-order chi connectivity index (χ0) is 27.0. The van der Waals surface area contributed by atoms with Gasteiger partial charge in [-0.05, 0) is 74.2 Å². The summed E-state index contributed by atoms with van der Waals surface area (Å²) in [5, 5.41) is 0.571. The Morgan fingerprint density at radius 2 is 1.84 bits per heavy atom. The third kappa shape index (κ3) is 5.18. The number of nitrogens with zero attached hydrogens (tertiary/aromatic N) is 4. The Morgan fingerprint density at radius 3 is 2.53 bits per heavy atom. The third-order valence-corrected chi connectivity index (χ3v) is 9.81. The monoisotopic (exact) mass is 556 g/mol. The van der Waals surface area contributed by atoms with E-state index in [4.69, 9.17) is 4.98 Å². The second kappa shape index (κ2) is 10.5. The fraction of sp³-hybridized carbons (Fsp3) is 0.296. The molecule has 0 aliphatic carbocycles. The Bertz CT molecular complexity index is 1600. The molecule has 4 aromatic rings. The number of amides is 1. The molecular formula is C27H26F2N4O3S2. The maximum absolute atomic E-state index is 13.8. The number of thiazole rings is 1. The van der Waals surface area contributed by atoms with Crippen LogP contribution in [0.5, 0.6) is 0 Å². The van der Waals surface area contributed by atoms with Crippen LogP contribution in [0.25, 0.3) is 10.2 Å². The number of anilines is 1. The first kappa shape index (κ1) is 26.3. The molecule has 0 atom stereocenters. The van der Waals surface area contributed by atoms with E-state index >= 15 is 0 Å². The number of halogens is 2. The number of carbonyl (C=O) groups is 1. The Labute approximate surface area is 223 Å². The SMILES string of the molecule is Cc1cc(C)c2sc(N(Cc3ccccn3)C(=O)C3CCN(S(=O)(=O)c4ccc(F)c(F)c4)CC3)nc2c1. The molecule has 3 heterocycles. The highest BCUT2D eigenvalue weighted by molar-refractivity contribution is 7.89. The summed E-state index contributed by atoms with van der Waals surface area (Å²) in [6.07, 6.45) is 2.26. The van der Waals surface area contributed by atoms with Crippen LogP contribution < -0.4 is 4.90 Å². The standard InChI is InChI=1S/C27H26F2N4O3S2/c1-17-13-18(2)25-24(14-17)31-27(37-25)33(16-20-5-3-4-10-30-20)26(34)19-8-11-32(12-9-19)38(35,36)21-6-7-22(28)23(29)15-21/h3-7,10,13-15,19H,8-9,11-12,16H2,1-2H3. The van der Waals surface area contributed by atoms with Crippen LogP contribution in [0, 0.1) is 31.4 Å². The molecule has 0 saturated carbocycles. The lowest BCUT2D eigenvalue weighted by atomic mass is 9.96. The Balaban J connectivity index is 1.39. The van der Waals surface area contributed by atoms with Crippen molar-refractivity contribution in [2.24, 2.45) is 5.92 Å². The number of hydrogen-bond acceptors (Lipinski definition) is 6. The molecule has 5 rings (SSSR count). The van der Waals surface area contributed by atoms with Crippen molar-refractivity contribution < 1.29 is 22.0 Å². The second-order valence-electron chi connectivity index (χ2n) is 9.43. The number of carbonyl (C=O) groups excluding carboxylic acids is 1. The van der Waals surface area contributed by atoms with Gasteiger partial charge in [-0.15, -0.1) is 0 Å². The van der Waals surface area contributed by atoms with Crippen molar-refractivity contribution in [3.8, 4) is 0 Å². The van der Waals surface area contributed by atoms with Crippen LogP contribution in [0.3, 0.4) is 0 Å². The van der Waals surface area contributed by atoms with Gasteiger partial charge in [-0.25, -0.2) is 22.2 Å². The van der Waals surface area contributed by atoms with Gasteiger partial charge < -0.3 is 0 Å². The first-order valence-corrected chi connectivity index (χ1v) is 14.4. The minimum Gasteiger partial charge on any atom is -0.282 e. The molecule has 0 unspecified atom stereocenters. The molecule has 0 spiro atoms. The molecule has 1 saturated heterocycles. The predicted octanol–water partition coefficient (Wildman–Crippen LogP) is 5.22.